The first-order valence-corrected chi connectivity index (χ1v) is 8.28. The zero-order chi connectivity index (χ0) is 16.1. The highest BCUT2D eigenvalue weighted by atomic mass is 35.5. The summed E-state index contributed by atoms with van der Waals surface area (Å²) >= 11 is 0. The maximum atomic E-state index is 13.7. The molecule has 1 aromatic rings. The normalized spacial score (nSPS) is 32.6. The first-order chi connectivity index (χ1) is 11.1. The summed E-state index contributed by atoms with van der Waals surface area (Å²) in [5.74, 6) is -0.756. The highest BCUT2D eigenvalue weighted by molar-refractivity contribution is 5.85. The van der Waals surface area contributed by atoms with Crippen molar-refractivity contribution in [3.8, 4) is 0 Å². The number of likely N-dealkylation sites (tertiary alicyclic amines) is 1. The molecule has 0 aliphatic carbocycles. The van der Waals surface area contributed by atoms with Gasteiger partial charge in [-0.25, -0.2) is 8.78 Å². The van der Waals surface area contributed by atoms with E-state index in [0.717, 1.165) is 32.0 Å². The Kier molecular flexibility index (Phi) is 6.30. The van der Waals surface area contributed by atoms with Crippen LogP contribution in [0.25, 0.3) is 0 Å². The van der Waals surface area contributed by atoms with Gasteiger partial charge in [0.25, 0.3) is 0 Å². The summed E-state index contributed by atoms with van der Waals surface area (Å²) in [5, 5.41) is 0. The van der Waals surface area contributed by atoms with Gasteiger partial charge in [-0.3, -0.25) is 9.69 Å². The Morgan fingerprint density at radius 2 is 1.68 bits per heavy atom. The van der Waals surface area contributed by atoms with Crippen LogP contribution < -0.4 is 5.73 Å². The second-order valence-corrected chi connectivity index (χ2v) is 6.91. The van der Waals surface area contributed by atoms with Gasteiger partial charge < -0.3 is 10.6 Å². The summed E-state index contributed by atoms with van der Waals surface area (Å²) in [5.41, 5.74) is 6.23. The fourth-order valence-corrected chi connectivity index (χ4v) is 4.90. The molecule has 4 fully saturated rings. The average molecular weight is 394 g/mol. The topological polar surface area (TPSA) is 49.6 Å². The molecular formula is C17H23Cl2F2N3O. The van der Waals surface area contributed by atoms with Gasteiger partial charge in [0.15, 0.2) is 0 Å². The largest absolute Gasteiger partial charge is 0.336 e. The number of benzene rings is 1. The minimum atomic E-state index is -0.559. The molecule has 1 aromatic carbocycles. The zero-order valence-electron chi connectivity index (χ0n) is 13.7. The van der Waals surface area contributed by atoms with Gasteiger partial charge in [-0.15, -0.1) is 24.8 Å². The summed E-state index contributed by atoms with van der Waals surface area (Å²) in [4.78, 5) is 16.6. The van der Waals surface area contributed by atoms with Crippen molar-refractivity contribution in [2.75, 3.05) is 26.2 Å². The maximum absolute atomic E-state index is 13.7. The first-order valence-electron chi connectivity index (χ1n) is 8.28. The number of rotatable bonds is 2. The van der Waals surface area contributed by atoms with E-state index in [1.807, 2.05) is 4.90 Å². The van der Waals surface area contributed by atoms with Crippen LogP contribution in [0.1, 0.15) is 24.3 Å². The Hall–Kier alpha value is -0.950. The quantitative estimate of drug-likeness (QED) is 0.837. The number of nitrogens with zero attached hydrogens (tertiary/aromatic N) is 2. The molecule has 4 aliphatic rings. The van der Waals surface area contributed by atoms with Crippen molar-refractivity contribution < 1.29 is 13.6 Å². The third kappa shape index (κ3) is 3.37. The molecule has 4 heterocycles. The molecule has 4 nitrogen and oxygen atoms in total. The molecule has 4 saturated heterocycles. The number of carbonyl (C=O) groups is 1. The fraction of sp³-hybridized carbons (Fsp3) is 0.588. The van der Waals surface area contributed by atoms with Gasteiger partial charge in [-0.05, 0) is 49.5 Å². The average Bonchev–Trinajstić information content (AvgIpc) is 2.97. The summed E-state index contributed by atoms with van der Waals surface area (Å²) in [6.45, 7) is 2.50. The van der Waals surface area contributed by atoms with Gasteiger partial charge in [0.1, 0.15) is 11.6 Å². The van der Waals surface area contributed by atoms with Crippen molar-refractivity contribution in [3.05, 3.63) is 35.4 Å². The van der Waals surface area contributed by atoms with Crippen LogP contribution in [0, 0.1) is 17.6 Å². The Bertz CT molecular complexity index is 620. The molecule has 0 aromatic heterocycles. The third-order valence-electron chi connectivity index (χ3n) is 5.80. The standard InChI is InChI=1S/C17H21F2N3O.2ClH/c18-12-5-11(6-13(19)7-12)14-9-22(15(23)8-20)16-10-1-3-21(4-2-10)17(14)16;;/h5-7,10,14,16-17H,1-4,8-9,20H2;2*1H/t14-,16-,17-;;/m1../s1. The summed E-state index contributed by atoms with van der Waals surface area (Å²) < 4.78 is 27.3. The molecule has 0 radical (unpaired) electrons. The number of fused-ring (bicyclic) bond motifs is 2. The molecule has 3 atom stereocenters. The third-order valence-corrected chi connectivity index (χ3v) is 5.80. The minimum absolute atomic E-state index is 0. The van der Waals surface area contributed by atoms with Gasteiger partial charge in [-0.1, -0.05) is 0 Å². The molecule has 8 heteroatoms. The van der Waals surface area contributed by atoms with Crippen molar-refractivity contribution in [1.29, 1.82) is 0 Å². The van der Waals surface area contributed by atoms with E-state index in [4.69, 9.17) is 5.73 Å². The lowest BCUT2D eigenvalue weighted by Crippen LogP contribution is -2.61. The van der Waals surface area contributed by atoms with Crippen molar-refractivity contribution in [1.82, 2.24) is 9.80 Å². The van der Waals surface area contributed by atoms with Crippen LogP contribution in [-0.2, 0) is 4.79 Å². The SMILES string of the molecule is Cl.Cl.NCC(=O)N1C[C@H](c2cc(F)cc(F)c2)[C@@H]2[C@H]1C1CCN2CC1. The highest BCUT2D eigenvalue weighted by Crippen LogP contribution is 2.46. The zero-order valence-corrected chi connectivity index (χ0v) is 15.4. The molecule has 5 rings (SSSR count). The van der Waals surface area contributed by atoms with E-state index in [1.54, 1.807) is 0 Å². The Labute approximate surface area is 158 Å². The number of hydrogen-bond acceptors (Lipinski definition) is 3. The second kappa shape index (κ2) is 7.74. The van der Waals surface area contributed by atoms with E-state index >= 15 is 0 Å². The van der Waals surface area contributed by atoms with Crippen LogP contribution in [0.3, 0.4) is 0 Å². The Balaban J connectivity index is 0.00000113. The first kappa shape index (κ1) is 20.4. The van der Waals surface area contributed by atoms with Crippen LogP contribution in [0.15, 0.2) is 18.2 Å². The van der Waals surface area contributed by atoms with Gasteiger partial charge in [0.05, 0.1) is 12.6 Å². The van der Waals surface area contributed by atoms with Crippen molar-refractivity contribution in [2.24, 2.45) is 11.7 Å². The van der Waals surface area contributed by atoms with E-state index in [1.165, 1.54) is 12.1 Å². The van der Waals surface area contributed by atoms with Crippen molar-refractivity contribution in [2.45, 2.75) is 30.8 Å². The lowest BCUT2D eigenvalue weighted by molar-refractivity contribution is -0.134. The molecule has 25 heavy (non-hydrogen) atoms. The Morgan fingerprint density at radius 3 is 2.24 bits per heavy atom. The van der Waals surface area contributed by atoms with Gasteiger partial charge in [-0.2, -0.15) is 0 Å². The van der Waals surface area contributed by atoms with Crippen molar-refractivity contribution in [3.63, 3.8) is 0 Å². The molecule has 0 saturated carbocycles. The Morgan fingerprint density at radius 1 is 1.08 bits per heavy atom. The van der Waals surface area contributed by atoms with Crippen LogP contribution in [0.4, 0.5) is 8.78 Å². The second-order valence-electron chi connectivity index (χ2n) is 6.91. The number of halogens is 4. The minimum Gasteiger partial charge on any atom is -0.336 e. The molecule has 4 aliphatic heterocycles. The molecule has 2 N–H and O–H groups in total. The predicted octanol–water partition coefficient (Wildman–Crippen LogP) is 2.16. The van der Waals surface area contributed by atoms with Gasteiger partial charge in [0.2, 0.25) is 5.91 Å². The van der Waals surface area contributed by atoms with Gasteiger partial charge >= 0.3 is 0 Å². The molecule has 2 bridgehead atoms. The molecule has 0 unspecified atom stereocenters. The summed E-state index contributed by atoms with van der Waals surface area (Å²) in [6.07, 6.45) is 2.17. The molecule has 0 spiro atoms. The number of nitrogens with two attached hydrogens (primary N) is 1. The molecule has 1 amide bonds. The van der Waals surface area contributed by atoms with Crippen molar-refractivity contribution >= 4 is 30.7 Å². The molecule has 140 valence electrons. The number of piperidine rings is 3. The maximum Gasteiger partial charge on any atom is 0.236 e. The van der Waals surface area contributed by atoms with E-state index < -0.39 is 11.6 Å². The highest BCUT2D eigenvalue weighted by Gasteiger charge is 2.54. The van der Waals surface area contributed by atoms with Crippen LogP contribution in [-0.4, -0.2) is 54.0 Å². The van der Waals surface area contributed by atoms with Crippen LogP contribution in [0.2, 0.25) is 0 Å². The van der Waals surface area contributed by atoms with E-state index in [0.29, 0.717) is 18.0 Å². The number of carbonyl (C=O) groups excluding carboxylic acids is 1. The lowest BCUT2D eigenvalue weighted by atomic mass is 9.75. The smallest absolute Gasteiger partial charge is 0.236 e. The summed E-state index contributed by atoms with van der Waals surface area (Å²) in [7, 11) is 0. The lowest BCUT2D eigenvalue weighted by Gasteiger charge is -2.51. The number of hydrogen-bond donors (Lipinski definition) is 1. The predicted molar refractivity (Wildman–Crippen MR) is 96.2 cm³/mol. The summed E-state index contributed by atoms with van der Waals surface area (Å²) in [6, 6.07) is 3.99. The number of amides is 1. The van der Waals surface area contributed by atoms with Crippen LogP contribution in [0.5, 0.6) is 0 Å². The van der Waals surface area contributed by atoms with E-state index in [2.05, 4.69) is 4.90 Å². The molecular weight excluding hydrogens is 371 g/mol. The van der Waals surface area contributed by atoms with Crippen LogP contribution >= 0.6 is 24.8 Å². The van der Waals surface area contributed by atoms with E-state index in [-0.39, 0.29) is 55.3 Å². The monoisotopic (exact) mass is 393 g/mol. The fourth-order valence-electron chi connectivity index (χ4n) is 4.90. The van der Waals surface area contributed by atoms with E-state index in [9.17, 15) is 13.6 Å². The van der Waals surface area contributed by atoms with Gasteiger partial charge in [0, 0.05) is 24.6 Å².